The van der Waals surface area contributed by atoms with E-state index in [0.717, 1.165) is 57.1 Å². The maximum Gasteiger partial charge on any atom is 0.237 e. The second-order valence-electron chi connectivity index (χ2n) is 8.23. The minimum Gasteiger partial charge on any atom is -0.368 e. The van der Waals surface area contributed by atoms with E-state index in [1.807, 2.05) is 13.8 Å². The molecule has 1 saturated heterocycles. The topological polar surface area (TPSA) is 74.0 Å². The van der Waals surface area contributed by atoms with Crippen molar-refractivity contribution < 1.29 is 4.79 Å². The molecule has 0 aromatic rings. The number of hydrogen-bond donors (Lipinski definition) is 2. The predicted octanol–water partition coefficient (Wildman–Crippen LogP) is 2.28. The van der Waals surface area contributed by atoms with Gasteiger partial charge in [0.2, 0.25) is 5.91 Å². The van der Waals surface area contributed by atoms with E-state index in [1.165, 1.54) is 25.7 Å². The predicted molar refractivity (Wildman–Crippen MR) is 119 cm³/mol. The number of aliphatic imine (C=N–C) groups is 1. The third-order valence-electron chi connectivity index (χ3n) is 5.85. The number of hydrogen-bond acceptors (Lipinski definition) is 3. The molecule has 0 aromatic carbocycles. The fourth-order valence-electron chi connectivity index (χ4n) is 4.00. The summed E-state index contributed by atoms with van der Waals surface area (Å²) in [7, 11) is 0. The first-order valence-corrected chi connectivity index (χ1v) is 9.92. The van der Waals surface area contributed by atoms with Crippen LogP contribution in [0.1, 0.15) is 53.4 Å². The van der Waals surface area contributed by atoms with E-state index in [0.29, 0.717) is 0 Å². The average Bonchev–Trinajstić information content (AvgIpc) is 2.58. The highest BCUT2D eigenvalue weighted by molar-refractivity contribution is 14.0. The van der Waals surface area contributed by atoms with Crippen molar-refractivity contribution in [2.75, 3.05) is 39.3 Å². The van der Waals surface area contributed by atoms with Gasteiger partial charge in [-0.05, 0) is 45.4 Å². The van der Waals surface area contributed by atoms with E-state index in [9.17, 15) is 4.79 Å². The Hall–Kier alpha value is -0.570. The third kappa shape index (κ3) is 6.25. The Morgan fingerprint density at radius 3 is 2.42 bits per heavy atom. The number of primary amides is 1. The molecule has 6 nitrogen and oxygen atoms in total. The fraction of sp³-hybridized carbons (Fsp3) is 0.895. The number of nitrogens with two attached hydrogens (primary N) is 1. The van der Waals surface area contributed by atoms with Gasteiger partial charge in [0.25, 0.3) is 0 Å². The second-order valence-corrected chi connectivity index (χ2v) is 8.23. The monoisotopic (exact) mass is 479 g/mol. The lowest BCUT2D eigenvalue weighted by Gasteiger charge is -2.43. The highest BCUT2D eigenvalue weighted by atomic mass is 127. The Morgan fingerprint density at radius 1 is 1.23 bits per heavy atom. The minimum absolute atomic E-state index is 0. The van der Waals surface area contributed by atoms with Gasteiger partial charge in [0, 0.05) is 39.3 Å². The van der Waals surface area contributed by atoms with Crippen molar-refractivity contribution in [2.24, 2.45) is 22.6 Å². The molecule has 2 rings (SSSR count). The molecule has 3 N–H and O–H groups in total. The van der Waals surface area contributed by atoms with Crippen molar-refractivity contribution in [2.45, 2.75) is 58.9 Å². The molecule has 0 radical (unpaired) electrons. The van der Waals surface area contributed by atoms with Gasteiger partial charge in [-0.25, -0.2) is 0 Å². The smallest absolute Gasteiger partial charge is 0.237 e. The Bertz CT molecular complexity index is 475. The summed E-state index contributed by atoms with van der Waals surface area (Å²) in [6.45, 7) is 13.5. The lowest BCUT2D eigenvalue weighted by atomic mass is 9.82. The molecule has 26 heavy (non-hydrogen) atoms. The summed E-state index contributed by atoms with van der Waals surface area (Å²) < 4.78 is 0. The van der Waals surface area contributed by atoms with Crippen molar-refractivity contribution in [3.63, 3.8) is 0 Å². The Morgan fingerprint density at radius 2 is 1.88 bits per heavy atom. The first-order valence-electron chi connectivity index (χ1n) is 9.92. The van der Waals surface area contributed by atoms with Gasteiger partial charge in [-0.2, -0.15) is 0 Å². The van der Waals surface area contributed by atoms with Crippen LogP contribution in [0.3, 0.4) is 0 Å². The van der Waals surface area contributed by atoms with E-state index >= 15 is 0 Å². The maximum atomic E-state index is 11.7. The maximum absolute atomic E-state index is 11.7. The molecular weight excluding hydrogens is 441 g/mol. The number of carbonyl (C=O) groups is 1. The number of amides is 1. The lowest BCUT2D eigenvalue weighted by molar-refractivity contribution is -0.129. The molecule has 1 amide bonds. The Balaban J connectivity index is 0.00000338. The summed E-state index contributed by atoms with van der Waals surface area (Å²) in [4.78, 5) is 21.1. The molecule has 0 bridgehead atoms. The SMILES string of the molecule is CCNC(=NCC1CCCC(C)C1)N1CCN(C(C)(C)C(N)=O)CC1.I. The van der Waals surface area contributed by atoms with Crippen LogP contribution >= 0.6 is 24.0 Å². The third-order valence-corrected chi connectivity index (χ3v) is 5.85. The molecule has 1 aliphatic heterocycles. The summed E-state index contributed by atoms with van der Waals surface area (Å²) >= 11 is 0. The van der Waals surface area contributed by atoms with Crippen LogP contribution < -0.4 is 11.1 Å². The van der Waals surface area contributed by atoms with Crippen LogP contribution in [0.25, 0.3) is 0 Å². The summed E-state index contributed by atoms with van der Waals surface area (Å²) in [6, 6.07) is 0. The molecule has 1 heterocycles. The molecule has 7 heteroatoms. The van der Waals surface area contributed by atoms with Crippen molar-refractivity contribution in [1.29, 1.82) is 0 Å². The van der Waals surface area contributed by atoms with E-state index < -0.39 is 5.54 Å². The van der Waals surface area contributed by atoms with Crippen LogP contribution in [-0.2, 0) is 4.79 Å². The van der Waals surface area contributed by atoms with Crippen LogP contribution in [0.4, 0.5) is 0 Å². The Kier molecular flexibility index (Phi) is 9.64. The average molecular weight is 479 g/mol. The zero-order chi connectivity index (χ0) is 18.4. The first-order chi connectivity index (χ1) is 11.8. The van der Waals surface area contributed by atoms with Crippen molar-refractivity contribution in [3.8, 4) is 0 Å². The van der Waals surface area contributed by atoms with Crippen LogP contribution in [0.15, 0.2) is 4.99 Å². The van der Waals surface area contributed by atoms with Crippen molar-refractivity contribution in [3.05, 3.63) is 0 Å². The first kappa shape index (κ1) is 23.5. The summed E-state index contributed by atoms with van der Waals surface area (Å²) in [5.41, 5.74) is 4.97. The highest BCUT2D eigenvalue weighted by Gasteiger charge is 2.35. The summed E-state index contributed by atoms with van der Waals surface area (Å²) in [5.74, 6) is 2.34. The number of piperazine rings is 1. The zero-order valence-corrected chi connectivity index (χ0v) is 19.3. The number of rotatable bonds is 5. The number of halogens is 1. The molecule has 2 atom stereocenters. The molecule has 152 valence electrons. The Labute approximate surface area is 176 Å². The van der Waals surface area contributed by atoms with Gasteiger partial charge in [-0.3, -0.25) is 14.7 Å². The molecule has 0 spiro atoms. The van der Waals surface area contributed by atoms with Crippen LogP contribution in [-0.4, -0.2) is 66.5 Å². The normalized spacial score (nSPS) is 25.5. The largest absolute Gasteiger partial charge is 0.368 e. The van der Waals surface area contributed by atoms with Gasteiger partial charge in [0.15, 0.2) is 5.96 Å². The van der Waals surface area contributed by atoms with Gasteiger partial charge in [0.05, 0.1) is 5.54 Å². The van der Waals surface area contributed by atoms with Crippen LogP contribution in [0.2, 0.25) is 0 Å². The van der Waals surface area contributed by atoms with Gasteiger partial charge in [0.1, 0.15) is 0 Å². The number of guanidine groups is 1. The fourth-order valence-corrected chi connectivity index (χ4v) is 4.00. The summed E-state index contributed by atoms with van der Waals surface area (Å²) in [5, 5.41) is 3.45. The van der Waals surface area contributed by atoms with E-state index in [1.54, 1.807) is 0 Å². The molecular formula is C19H38IN5O. The van der Waals surface area contributed by atoms with E-state index in [-0.39, 0.29) is 29.9 Å². The molecule has 1 aliphatic carbocycles. The van der Waals surface area contributed by atoms with Gasteiger partial charge >= 0.3 is 0 Å². The number of carbonyl (C=O) groups excluding carboxylic acids is 1. The molecule has 1 saturated carbocycles. The molecule has 2 unspecified atom stereocenters. The molecule has 2 aliphatic rings. The second kappa shape index (κ2) is 10.7. The van der Waals surface area contributed by atoms with Crippen LogP contribution in [0.5, 0.6) is 0 Å². The molecule has 0 aromatic heterocycles. The quantitative estimate of drug-likeness (QED) is 0.361. The van der Waals surface area contributed by atoms with E-state index in [4.69, 9.17) is 10.7 Å². The minimum atomic E-state index is -0.584. The summed E-state index contributed by atoms with van der Waals surface area (Å²) in [6.07, 6.45) is 5.34. The van der Waals surface area contributed by atoms with Gasteiger partial charge < -0.3 is 16.0 Å². The van der Waals surface area contributed by atoms with Crippen molar-refractivity contribution in [1.82, 2.24) is 15.1 Å². The lowest BCUT2D eigenvalue weighted by Crippen LogP contribution is -2.61. The molecule has 2 fully saturated rings. The number of nitrogens with zero attached hydrogens (tertiary/aromatic N) is 3. The van der Waals surface area contributed by atoms with Gasteiger partial charge in [-0.1, -0.05) is 19.8 Å². The number of nitrogens with one attached hydrogen (secondary N) is 1. The van der Waals surface area contributed by atoms with Gasteiger partial charge in [-0.15, -0.1) is 24.0 Å². The zero-order valence-electron chi connectivity index (χ0n) is 17.0. The highest BCUT2D eigenvalue weighted by Crippen LogP contribution is 2.28. The van der Waals surface area contributed by atoms with Crippen LogP contribution in [0, 0.1) is 11.8 Å². The van der Waals surface area contributed by atoms with E-state index in [2.05, 4.69) is 29.0 Å². The van der Waals surface area contributed by atoms with Crippen molar-refractivity contribution >= 4 is 35.8 Å². The standard InChI is InChI=1S/C19H37N5O.HI/c1-5-21-18(22-14-16-8-6-7-15(2)13-16)23-9-11-24(12-10-23)19(3,4)17(20)25;/h15-16H,5-14H2,1-4H3,(H2,20,25)(H,21,22);1H.